The molecule has 2 amide bonds. The zero-order chi connectivity index (χ0) is 23.3. The molecular formula is C22H20BrClN2O4S2. The van der Waals surface area contributed by atoms with E-state index in [2.05, 4.69) is 21.2 Å². The molecule has 0 aliphatic carbocycles. The summed E-state index contributed by atoms with van der Waals surface area (Å²) in [4.78, 5) is 26.9. The van der Waals surface area contributed by atoms with Crippen LogP contribution in [-0.2, 0) is 9.59 Å². The van der Waals surface area contributed by atoms with E-state index in [4.69, 9.17) is 33.3 Å². The van der Waals surface area contributed by atoms with Crippen LogP contribution in [0.1, 0.15) is 19.4 Å². The molecule has 0 radical (unpaired) electrons. The summed E-state index contributed by atoms with van der Waals surface area (Å²) in [6, 6.07) is 10.4. The molecule has 0 saturated carbocycles. The molecule has 0 aromatic heterocycles. The van der Waals surface area contributed by atoms with E-state index >= 15 is 0 Å². The predicted molar refractivity (Wildman–Crippen MR) is 136 cm³/mol. The second kappa shape index (κ2) is 11.2. The summed E-state index contributed by atoms with van der Waals surface area (Å²) in [5.41, 5.74) is 1.32. The average Bonchev–Trinajstić information content (AvgIpc) is 3.00. The Morgan fingerprint density at radius 3 is 2.72 bits per heavy atom. The van der Waals surface area contributed by atoms with Gasteiger partial charge in [0.1, 0.15) is 4.32 Å². The number of likely N-dealkylation sites (N-methyl/N-ethyl adjacent to an activating group) is 1. The Bertz CT molecular complexity index is 1090. The second-order valence-electron chi connectivity index (χ2n) is 6.54. The van der Waals surface area contributed by atoms with Gasteiger partial charge in [0, 0.05) is 17.3 Å². The third kappa shape index (κ3) is 6.04. The molecule has 10 heteroatoms. The fourth-order valence-corrected chi connectivity index (χ4v) is 5.05. The number of thiocarbonyl (C=S) groups is 1. The van der Waals surface area contributed by atoms with Crippen LogP contribution >= 0.6 is 51.5 Å². The highest BCUT2D eigenvalue weighted by Gasteiger charge is 2.30. The number of carbonyl (C=O) groups is 2. The number of carbonyl (C=O) groups excluding carboxylic acids is 2. The Kier molecular flexibility index (Phi) is 8.58. The third-order valence-corrected chi connectivity index (χ3v) is 6.48. The van der Waals surface area contributed by atoms with Crippen molar-refractivity contribution in [2.75, 3.05) is 25.1 Å². The SMILES string of the molecule is CCOc1cc(/C=C2\SC(=S)N(CC)C2=O)cc(Br)c1OCC(=O)Nc1cccc(Cl)c1. The van der Waals surface area contributed by atoms with Crippen LogP contribution in [0.15, 0.2) is 45.8 Å². The molecule has 2 aromatic carbocycles. The Balaban J connectivity index is 1.77. The molecular weight excluding hydrogens is 536 g/mol. The molecule has 2 aromatic rings. The summed E-state index contributed by atoms with van der Waals surface area (Å²) in [6.07, 6.45) is 1.76. The Morgan fingerprint density at radius 1 is 1.28 bits per heavy atom. The molecule has 0 atom stereocenters. The molecule has 6 nitrogen and oxygen atoms in total. The maximum Gasteiger partial charge on any atom is 0.266 e. The number of benzene rings is 2. The maximum atomic E-state index is 12.5. The lowest BCUT2D eigenvalue weighted by atomic mass is 10.2. The summed E-state index contributed by atoms with van der Waals surface area (Å²) < 4.78 is 12.6. The average molecular weight is 556 g/mol. The van der Waals surface area contributed by atoms with Gasteiger partial charge in [0.2, 0.25) is 0 Å². The van der Waals surface area contributed by atoms with E-state index in [1.807, 2.05) is 13.8 Å². The van der Waals surface area contributed by atoms with Crippen molar-refractivity contribution in [1.29, 1.82) is 0 Å². The van der Waals surface area contributed by atoms with Crippen LogP contribution in [-0.4, -0.2) is 40.8 Å². The topological polar surface area (TPSA) is 67.9 Å². The van der Waals surface area contributed by atoms with Crippen molar-refractivity contribution in [2.45, 2.75) is 13.8 Å². The highest BCUT2D eigenvalue weighted by Crippen LogP contribution is 2.39. The van der Waals surface area contributed by atoms with E-state index in [1.165, 1.54) is 11.8 Å². The quantitative estimate of drug-likeness (QED) is 0.331. The first kappa shape index (κ1) is 24.6. The van der Waals surface area contributed by atoms with Crippen molar-refractivity contribution in [2.24, 2.45) is 0 Å². The molecule has 0 unspecified atom stereocenters. The number of rotatable bonds is 8. The zero-order valence-corrected chi connectivity index (χ0v) is 21.3. The van der Waals surface area contributed by atoms with Crippen molar-refractivity contribution in [3.63, 3.8) is 0 Å². The lowest BCUT2D eigenvalue weighted by Crippen LogP contribution is -2.27. The molecule has 1 aliphatic rings. The van der Waals surface area contributed by atoms with E-state index in [-0.39, 0.29) is 18.4 Å². The van der Waals surface area contributed by atoms with Crippen molar-refractivity contribution in [3.8, 4) is 11.5 Å². The minimum atomic E-state index is -0.339. The zero-order valence-electron chi connectivity index (χ0n) is 17.3. The smallest absolute Gasteiger partial charge is 0.266 e. The number of halogens is 2. The predicted octanol–water partition coefficient (Wildman–Crippen LogP) is 5.74. The molecule has 1 aliphatic heterocycles. The molecule has 1 heterocycles. The number of nitrogens with one attached hydrogen (secondary N) is 1. The first-order valence-electron chi connectivity index (χ1n) is 9.72. The fourth-order valence-electron chi connectivity index (χ4n) is 2.90. The number of hydrogen-bond acceptors (Lipinski definition) is 6. The van der Waals surface area contributed by atoms with Crippen molar-refractivity contribution < 1.29 is 19.1 Å². The minimum Gasteiger partial charge on any atom is -0.490 e. The van der Waals surface area contributed by atoms with Crippen LogP contribution in [0.4, 0.5) is 5.69 Å². The van der Waals surface area contributed by atoms with E-state index in [0.29, 0.717) is 49.1 Å². The van der Waals surface area contributed by atoms with Crippen LogP contribution in [0.3, 0.4) is 0 Å². The Hall–Kier alpha value is -2.07. The van der Waals surface area contributed by atoms with Gasteiger partial charge in [-0.25, -0.2) is 0 Å². The summed E-state index contributed by atoms with van der Waals surface area (Å²) >= 11 is 16.0. The summed E-state index contributed by atoms with van der Waals surface area (Å²) in [5.74, 6) is 0.393. The number of thioether (sulfide) groups is 1. The first-order valence-corrected chi connectivity index (χ1v) is 12.1. The van der Waals surface area contributed by atoms with Crippen LogP contribution in [0.25, 0.3) is 6.08 Å². The number of nitrogens with zero attached hydrogens (tertiary/aromatic N) is 1. The van der Waals surface area contributed by atoms with Crippen LogP contribution in [0.2, 0.25) is 5.02 Å². The Morgan fingerprint density at radius 2 is 2.06 bits per heavy atom. The van der Waals surface area contributed by atoms with E-state index in [1.54, 1.807) is 47.4 Å². The third-order valence-electron chi connectivity index (χ3n) is 4.28. The molecule has 1 fully saturated rings. The molecule has 1 N–H and O–H groups in total. The van der Waals surface area contributed by atoms with Gasteiger partial charge in [-0.05, 0) is 71.7 Å². The lowest BCUT2D eigenvalue weighted by molar-refractivity contribution is -0.122. The summed E-state index contributed by atoms with van der Waals surface area (Å²) in [6.45, 7) is 4.44. The lowest BCUT2D eigenvalue weighted by Gasteiger charge is -2.15. The van der Waals surface area contributed by atoms with Crippen molar-refractivity contribution in [1.82, 2.24) is 4.90 Å². The molecule has 3 rings (SSSR count). The van der Waals surface area contributed by atoms with Gasteiger partial charge in [-0.2, -0.15) is 0 Å². The van der Waals surface area contributed by atoms with E-state index < -0.39 is 0 Å². The molecule has 0 bridgehead atoms. The monoisotopic (exact) mass is 554 g/mol. The van der Waals surface area contributed by atoms with E-state index in [9.17, 15) is 9.59 Å². The molecule has 0 spiro atoms. The summed E-state index contributed by atoms with van der Waals surface area (Å²) in [7, 11) is 0. The van der Waals surface area contributed by atoms with Crippen molar-refractivity contribution in [3.05, 3.63) is 56.4 Å². The molecule has 1 saturated heterocycles. The van der Waals surface area contributed by atoms with Gasteiger partial charge in [-0.1, -0.05) is 41.6 Å². The highest BCUT2D eigenvalue weighted by atomic mass is 79.9. The van der Waals surface area contributed by atoms with Gasteiger partial charge in [-0.3, -0.25) is 14.5 Å². The molecule has 168 valence electrons. The number of amides is 2. The van der Waals surface area contributed by atoms with Gasteiger partial charge in [-0.15, -0.1) is 0 Å². The van der Waals surface area contributed by atoms with E-state index in [0.717, 1.165) is 5.56 Å². The second-order valence-corrected chi connectivity index (χ2v) is 9.50. The number of ether oxygens (including phenoxy) is 2. The molecule has 32 heavy (non-hydrogen) atoms. The Labute approximate surface area is 209 Å². The van der Waals surface area contributed by atoms with Crippen molar-refractivity contribution >= 4 is 79.4 Å². The highest BCUT2D eigenvalue weighted by molar-refractivity contribution is 9.10. The van der Waals surface area contributed by atoms with Gasteiger partial charge >= 0.3 is 0 Å². The van der Waals surface area contributed by atoms with Gasteiger partial charge in [0.05, 0.1) is 16.0 Å². The minimum absolute atomic E-state index is 0.116. The van der Waals surface area contributed by atoms with Gasteiger partial charge in [0.15, 0.2) is 18.1 Å². The first-order chi connectivity index (χ1) is 15.3. The van der Waals surface area contributed by atoms with Gasteiger partial charge < -0.3 is 14.8 Å². The van der Waals surface area contributed by atoms with Gasteiger partial charge in [0.25, 0.3) is 11.8 Å². The van der Waals surface area contributed by atoms with Crippen LogP contribution in [0, 0.1) is 0 Å². The normalized spacial score (nSPS) is 14.8. The number of hydrogen-bond donors (Lipinski definition) is 1. The number of anilines is 1. The maximum absolute atomic E-state index is 12.5. The fraction of sp³-hybridized carbons (Fsp3) is 0.227. The largest absolute Gasteiger partial charge is 0.490 e. The van der Waals surface area contributed by atoms with Crippen LogP contribution < -0.4 is 14.8 Å². The van der Waals surface area contributed by atoms with Crippen LogP contribution in [0.5, 0.6) is 11.5 Å². The standard InChI is InChI=1S/C22H20BrClN2O4S2/c1-3-26-21(28)18(32-22(26)31)10-13-8-16(23)20(17(9-13)29-4-2)30-12-19(27)25-15-7-5-6-14(24)11-15/h5-11H,3-4,12H2,1-2H3,(H,25,27)/b18-10-. The summed E-state index contributed by atoms with van der Waals surface area (Å²) in [5, 5.41) is 3.26.